The number of carbonyl (C=O) groups is 2. The van der Waals surface area contributed by atoms with E-state index in [1.165, 1.54) is 4.90 Å². The summed E-state index contributed by atoms with van der Waals surface area (Å²) in [5.74, 6) is -0.654. The molecule has 1 rings (SSSR count). The van der Waals surface area contributed by atoms with Gasteiger partial charge in [-0.2, -0.15) is 0 Å². The summed E-state index contributed by atoms with van der Waals surface area (Å²) in [5.41, 5.74) is 6.93. The maximum absolute atomic E-state index is 12.2. The second kappa shape index (κ2) is 9.10. The second-order valence-corrected chi connectivity index (χ2v) is 4.65. The number of amides is 2. The first kappa shape index (κ1) is 17.1. The van der Waals surface area contributed by atoms with E-state index in [1.807, 2.05) is 31.2 Å². The molecule has 1 aromatic rings. The number of hydrogen-bond donors (Lipinski definition) is 1. The van der Waals surface area contributed by atoms with Gasteiger partial charge in [0, 0.05) is 25.8 Å². The Kier molecular flexibility index (Phi) is 7.42. The van der Waals surface area contributed by atoms with Gasteiger partial charge in [0.1, 0.15) is 6.61 Å². The molecule has 2 amide bonds. The van der Waals surface area contributed by atoms with Crippen LogP contribution in [0.2, 0.25) is 0 Å². The van der Waals surface area contributed by atoms with Crippen molar-refractivity contribution in [2.45, 2.75) is 13.3 Å². The van der Waals surface area contributed by atoms with Gasteiger partial charge in [0.25, 0.3) is 5.91 Å². The molecule has 0 aromatic heterocycles. The van der Waals surface area contributed by atoms with Gasteiger partial charge in [0.05, 0.1) is 13.2 Å². The van der Waals surface area contributed by atoms with Crippen LogP contribution in [0.1, 0.15) is 12.0 Å². The Morgan fingerprint density at radius 1 is 1.29 bits per heavy atom. The number of hydrogen-bond acceptors (Lipinski definition) is 4. The minimum atomic E-state index is -0.444. The molecule has 0 bridgehead atoms. The third kappa shape index (κ3) is 6.37. The quantitative estimate of drug-likeness (QED) is 0.685. The number of rotatable bonds is 9. The predicted molar refractivity (Wildman–Crippen MR) is 80.0 cm³/mol. The van der Waals surface area contributed by atoms with Crippen LogP contribution in [0.3, 0.4) is 0 Å². The minimum Gasteiger partial charge on any atom is -0.382 e. The average Bonchev–Trinajstić information content (AvgIpc) is 2.43. The van der Waals surface area contributed by atoms with Crippen LogP contribution in [-0.2, 0) is 19.1 Å². The number of ether oxygens (including phenoxy) is 2. The van der Waals surface area contributed by atoms with Gasteiger partial charge in [0.15, 0.2) is 0 Å². The van der Waals surface area contributed by atoms with Crippen molar-refractivity contribution in [2.75, 3.05) is 38.4 Å². The zero-order chi connectivity index (χ0) is 15.7. The topological polar surface area (TPSA) is 81.9 Å². The molecular weight excluding hydrogens is 272 g/mol. The molecule has 2 N–H and O–H groups in total. The maximum atomic E-state index is 12.2. The first-order valence-electron chi connectivity index (χ1n) is 6.76. The summed E-state index contributed by atoms with van der Waals surface area (Å²) in [6.45, 7) is 2.90. The molecule has 0 unspecified atom stereocenters. The molecule has 6 heteroatoms. The Bertz CT molecular complexity index is 476. The van der Waals surface area contributed by atoms with E-state index in [0.717, 1.165) is 11.3 Å². The van der Waals surface area contributed by atoms with Crippen LogP contribution in [0.5, 0.6) is 0 Å². The summed E-state index contributed by atoms with van der Waals surface area (Å²) in [6.07, 6.45) is 0.109. The number of aryl methyl sites for hydroxylation is 1. The van der Waals surface area contributed by atoms with Crippen molar-refractivity contribution in [1.82, 2.24) is 0 Å². The van der Waals surface area contributed by atoms with Crippen LogP contribution in [0.25, 0.3) is 0 Å². The summed E-state index contributed by atoms with van der Waals surface area (Å²) in [7, 11) is 1.57. The zero-order valence-electron chi connectivity index (χ0n) is 12.5. The van der Waals surface area contributed by atoms with E-state index in [2.05, 4.69) is 0 Å². The van der Waals surface area contributed by atoms with Crippen LogP contribution in [0.15, 0.2) is 24.3 Å². The average molecular weight is 294 g/mol. The third-order valence-electron chi connectivity index (χ3n) is 2.85. The van der Waals surface area contributed by atoms with Crippen LogP contribution < -0.4 is 10.6 Å². The van der Waals surface area contributed by atoms with Gasteiger partial charge in [-0.25, -0.2) is 0 Å². The monoisotopic (exact) mass is 294 g/mol. The SMILES string of the molecule is COCCOCC(=O)N(CCC(N)=O)c1cccc(C)c1. The van der Waals surface area contributed by atoms with Crippen LogP contribution in [-0.4, -0.2) is 45.3 Å². The highest BCUT2D eigenvalue weighted by Crippen LogP contribution is 2.16. The largest absolute Gasteiger partial charge is 0.382 e. The van der Waals surface area contributed by atoms with Crippen molar-refractivity contribution in [1.29, 1.82) is 0 Å². The highest BCUT2D eigenvalue weighted by molar-refractivity contribution is 5.95. The highest BCUT2D eigenvalue weighted by Gasteiger charge is 2.16. The summed E-state index contributed by atoms with van der Waals surface area (Å²) < 4.78 is 10.1. The molecule has 116 valence electrons. The van der Waals surface area contributed by atoms with E-state index < -0.39 is 5.91 Å². The fourth-order valence-electron chi connectivity index (χ4n) is 1.80. The molecule has 0 aliphatic heterocycles. The molecule has 0 atom stereocenters. The number of methoxy groups -OCH3 is 1. The first-order chi connectivity index (χ1) is 10.0. The van der Waals surface area contributed by atoms with Crippen LogP contribution in [0.4, 0.5) is 5.69 Å². The summed E-state index contributed by atoms with van der Waals surface area (Å²) in [4.78, 5) is 24.7. The van der Waals surface area contributed by atoms with Crippen molar-refractivity contribution < 1.29 is 19.1 Å². The van der Waals surface area contributed by atoms with Crippen molar-refractivity contribution >= 4 is 17.5 Å². The number of anilines is 1. The standard InChI is InChI=1S/C15H22N2O4/c1-12-4-3-5-13(10-12)17(7-6-14(16)18)15(19)11-21-9-8-20-2/h3-5,10H,6-9,11H2,1-2H3,(H2,16,18). The van der Waals surface area contributed by atoms with Crippen molar-refractivity contribution in [3.05, 3.63) is 29.8 Å². The Hall–Kier alpha value is -1.92. The smallest absolute Gasteiger partial charge is 0.252 e. The van der Waals surface area contributed by atoms with Crippen molar-refractivity contribution in [3.8, 4) is 0 Å². The van der Waals surface area contributed by atoms with E-state index in [-0.39, 0.29) is 25.5 Å². The van der Waals surface area contributed by atoms with Gasteiger partial charge in [0.2, 0.25) is 5.91 Å². The van der Waals surface area contributed by atoms with E-state index in [9.17, 15) is 9.59 Å². The lowest BCUT2D eigenvalue weighted by molar-refractivity contribution is -0.123. The highest BCUT2D eigenvalue weighted by atomic mass is 16.5. The minimum absolute atomic E-state index is 0.0595. The third-order valence-corrected chi connectivity index (χ3v) is 2.85. The molecule has 0 aliphatic rings. The normalized spacial score (nSPS) is 10.4. The number of nitrogens with two attached hydrogens (primary N) is 1. The molecule has 0 heterocycles. The number of carbonyl (C=O) groups excluding carboxylic acids is 2. The molecular formula is C15H22N2O4. The van der Waals surface area contributed by atoms with E-state index in [0.29, 0.717) is 13.2 Å². The van der Waals surface area contributed by atoms with Gasteiger partial charge >= 0.3 is 0 Å². The summed E-state index contributed by atoms with van der Waals surface area (Å²) in [5, 5.41) is 0. The molecule has 0 saturated carbocycles. The summed E-state index contributed by atoms with van der Waals surface area (Å²) >= 11 is 0. The fraction of sp³-hybridized carbons (Fsp3) is 0.467. The van der Waals surface area contributed by atoms with Gasteiger partial charge in [-0.15, -0.1) is 0 Å². The van der Waals surface area contributed by atoms with Crippen molar-refractivity contribution in [2.24, 2.45) is 5.73 Å². The fourth-order valence-corrected chi connectivity index (χ4v) is 1.80. The molecule has 21 heavy (non-hydrogen) atoms. The number of nitrogens with zero attached hydrogens (tertiary/aromatic N) is 1. The van der Waals surface area contributed by atoms with E-state index >= 15 is 0 Å². The Balaban J connectivity index is 2.71. The lowest BCUT2D eigenvalue weighted by atomic mass is 10.2. The zero-order valence-corrected chi connectivity index (χ0v) is 12.5. The molecule has 0 aliphatic carbocycles. The number of primary amides is 1. The molecule has 0 saturated heterocycles. The Morgan fingerprint density at radius 2 is 2.05 bits per heavy atom. The molecule has 0 fully saturated rings. The van der Waals surface area contributed by atoms with E-state index in [1.54, 1.807) is 7.11 Å². The number of benzene rings is 1. The van der Waals surface area contributed by atoms with Crippen molar-refractivity contribution in [3.63, 3.8) is 0 Å². The van der Waals surface area contributed by atoms with Gasteiger partial charge in [-0.3, -0.25) is 9.59 Å². The Morgan fingerprint density at radius 3 is 2.67 bits per heavy atom. The molecule has 1 aromatic carbocycles. The lowest BCUT2D eigenvalue weighted by Gasteiger charge is -2.22. The maximum Gasteiger partial charge on any atom is 0.252 e. The van der Waals surface area contributed by atoms with Gasteiger partial charge in [-0.05, 0) is 24.6 Å². The van der Waals surface area contributed by atoms with Crippen LogP contribution in [0, 0.1) is 6.92 Å². The lowest BCUT2D eigenvalue weighted by Crippen LogP contribution is -2.37. The first-order valence-corrected chi connectivity index (χ1v) is 6.76. The molecule has 0 spiro atoms. The summed E-state index contributed by atoms with van der Waals surface area (Å²) in [6, 6.07) is 7.51. The van der Waals surface area contributed by atoms with Gasteiger partial charge < -0.3 is 20.1 Å². The molecule has 6 nitrogen and oxygen atoms in total. The van der Waals surface area contributed by atoms with Crippen LogP contribution >= 0.6 is 0 Å². The van der Waals surface area contributed by atoms with E-state index in [4.69, 9.17) is 15.2 Å². The molecule has 0 radical (unpaired) electrons. The van der Waals surface area contributed by atoms with Gasteiger partial charge in [-0.1, -0.05) is 12.1 Å². The second-order valence-electron chi connectivity index (χ2n) is 4.65. The predicted octanol–water partition coefficient (Wildman–Crippen LogP) is 0.866. The Labute approximate surface area is 124 Å².